The largest absolute Gasteiger partial charge is 0.480 e. The van der Waals surface area contributed by atoms with E-state index in [1.54, 1.807) is 20.8 Å². The zero-order valence-corrected chi connectivity index (χ0v) is 11.0. The molecule has 1 rings (SSSR count). The number of rotatable bonds is 4. The molecule has 1 aromatic carbocycles. The fraction of sp³-hybridized carbons (Fsp3) is 0.385. The average molecular weight is 268 g/mol. The molecule has 0 saturated carbocycles. The molecule has 2 amide bonds. The second-order valence-electron chi connectivity index (χ2n) is 4.62. The molecule has 1 aromatic rings. The van der Waals surface area contributed by atoms with Gasteiger partial charge in [0.25, 0.3) is 0 Å². The molecular weight excluding hydrogens is 251 g/mol. The number of hydrogen-bond acceptors (Lipinski definition) is 2. The Morgan fingerprint density at radius 1 is 1.32 bits per heavy atom. The van der Waals surface area contributed by atoms with Crippen molar-refractivity contribution in [2.24, 2.45) is 5.92 Å². The molecule has 1 atom stereocenters. The van der Waals surface area contributed by atoms with E-state index in [1.165, 1.54) is 18.2 Å². The molecule has 0 fully saturated rings. The fourth-order valence-corrected chi connectivity index (χ4v) is 1.58. The summed E-state index contributed by atoms with van der Waals surface area (Å²) in [6, 6.07) is 2.33. The maximum atomic E-state index is 12.9. The van der Waals surface area contributed by atoms with Gasteiger partial charge in [-0.1, -0.05) is 13.8 Å². The summed E-state index contributed by atoms with van der Waals surface area (Å²) >= 11 is 0. The first-order chi connectivity index (χ1) is 8.81. The number of urea groups is 1. The zero-order chi connectivity index (χ0) is 14.6. The van der Waals surface area contributed by atoms with Gasteiger partial charge in [-0.3, -0.25) is 0 Å². The molecule has 104 valence electrons. The summed E-state index contributed by atoms with van der Waals surface area (Å²) in [6.45, 7) is 5.04. The van der Waals surface area contributed by atoms with E-state index in [0.717, 1.165) is 0 Å². The molecule has 0 aromatic heterocycles. The van der Waals surface area contributed by atoms with Crippen molar-refractivity contribution in [1.82, 2.24) is 5.32 Å². The summed E-state index contributed by atoms with van der Waals surface area (Å²) in [5.41, 5.74) is 0.998. The number of halogens is 1. The van der Waals surface area contributed by atoms with E-state index in [0.29, 0.717) is 11.3 Å². The SMILES string of the molecule is Cc1cc(F)ccc1NC(=O)N[C@H](C(=O)O)C(C)C. The first kappa shape index (κ1) is 14.9. The standard InChI is InChI=1S/C13H17FN2O3/c1-7(2)11(12(17)18)16-13(19)15-10-5-4-9(14)6-8(10)3/h4-7,11H,1-3H3,(H,17,18)(H2,15,16,19)/t11-/m0/s1. The van der Waals surface area contributed by atoms with Gasteiger partial charge >= 0.3 is 12.0 Å². The highest BCUT2D eigenvalue weighted by atomic mass is 19.1. The lowest BCUT2D eigenvalue weighted by Gasteiger charge is -2.18. The molecule has 0 aliphatic carbocycles. The molecule has 0 spiro atoms. The monoisotopic (exact) mass is 268 g/mol. The molecule has 0 aliphatic rings. The summed E-state index contributed by atoms with van der Waals surface area (Å²) in [6.07, 6.45) is 0. The number of aryl methyl sites for hydroxylation is 1. The number of benzene rings is 1. The van der Waals surface area contributed by atoms with E-state index in [-0.39, 0.29) is 5.92 Å². The van der Waals surface area contributed by atoms with E-state index in [9.17, 15) is 14.0 Å². The molecule has 0 aliphatic heterocycles. The van der Waals surface area contributed by atoms with Gasteiger partial charge in [-0.05, 0) is 36.6 Å². The highest BCUT2D eigenvalue weighted by Gasteiger charge is 2.23. The molecule has 0 radical (unpaired) electrons. The van der Waals surface area contributed by atoms with Crippen molar-refractivity contribution in [3.05, 3.63) is 29.6 Å². The van der Waals surface area contributed by atoms with Gasteiger partial charge in [-0.2, -0.15) is 0 Å². The van der Waals surface area contributed by atoms with Crippen LogP contribution in [0.4, 0.5) is 14.9 Å². The highest BCUT2D eigenvalue weighted by Crippen LogP contribution is 2.15. The predicted octanol–water partition coefficient (Wildman–Crippen LogP) is 2.36. The molecule has 3 N–H and O–H groups in total. The highest BCUT2D eigenvalue weighted by molar-refractivity contribution is 5.92. The maximum absolute atomic E-state index is 12.9. The molecule has 0 bridgehead atoms. The summed E-state index contributed by atoms with van der Waals surface area (Å²) < 4.78 is 12.9. The average Bonchev–Trinajstić information content (AvgIpc) is 2.29. The molecule has 0 saturated heterocycles. The Hall–Kier alpha value is -2.11. The van der Waals surface area contributed by atoms with Crippen molar-refractivity contribution in [3.63, 3.8) is 0 Å². The van der Waals surface area contributed by atoms with Gasteiger partial charge in [0.15, 0.2) is 0 Å². The Labute approximate surface area is 110 Å². The third kappa shape index (κ3) is 4.24. The van der Waals surface area contributed by atoms with Crippen LogP contribution in [0.3, 0.4) is 0 Å². The summed E-state index contributed by atoms with van der Waals surface area (Å²) in [4.78, 5) is 22.6. The third-order valence-corrected chi connectivity index (χ3v) is 2.66. The van der Waals surface area contributed by atoms with Crippen molar-refractivity contribution in [1.29, 1.82) is 0 Å². The van der Waals surface area contributed by atoms with Gasteiger partial charge in [0.1, 0.15) is 11.9 Å². The summed E-state index contributed by atoms with van der Waals surface area (Å²) in [7, 11) is 0. The Bertz CT molecular complexity index is 489. The molecular formula is C13H17FN2O3. The lowest BCUT2D eigenvalue weighted by atomic mass is 10.1. The van der Waals surface area contributed by atoms with Gasteiger partial charge in [0.2, 0.25) is 0 Å². The summed E-state index contributed by atoms with van der Waals surface area (Å²) in [5, 5.41) is 13.8. The number of amides is 2. The third-order valence-electron chi connectivity index (χ3n) is 2.66. The van der Waals surface area contributed by atoms with Gasteiger partial charge in [0.05, 0.1) is 0 Å². The normalized spacial score (nSPS) is 12.1. The van der Waals surface area contributed by atoms with Crippen LogP contribution in [0.25, 0.3) is 0 Å². The van der Waals surface area contributed by atoms with Crippen LogP contribution < -0.4 is 10.6 Å². The second-order valence-corrected chi connectivity index (χ2v) is 4.62. The molecule has 19 heavy (non-hydrogen) atoms. The van der Waals surface area contributed by atoms with Crippen LogP contribution in [0.2, 0.25) is 0 Å². The number of carbonyl (C=O) groups is 2. The molecule has 5 nitrogen and oxygen atoms in total. The first-order valence-corrected chi connectivity index (χ1v) is 5.87. The van der Waals surface area contributed by atoms with Gasteiger partial charge in [-0.15, -0.1) is 0 Å². The molecule has 0 unspecified atom stereocenters. The van der Waals surface area contributed by atoms with E-state index in [2.05, 4.69) is 10.6 Å². The number of carbonyl (C=O) groups excluding carboxylic acids is 1. The smallest absolute Gasteiger partial charge is 0.326 e. The minimum Gasteiger partial charge on any atom is -0.480 e. The number of anilines is 1. The van der Waals surface area contributed by atoms with E-state index in [1.807, 2.05) is 0 Å². The van der Waals surface area contributed by atoms with Crippen LogP contribution in [0.1, 0.15) is 19.4 Å². The van der Waals surface area contributed by atoms with Crippen molar-refractivity contribution < 1.29 is 19.1 Å². The lowest BCUT2D eigenvalue weighted by molar-refractivity contribution is -0.140. The van der Waals surface area contributed by atoms with Gasteiger partial charge in [-0.25, -0.2) is 14.0 Å². The predicted molar refractivity (Wildman–Crippen MR) is 69.6 cm³/mol. The Kier molecular flexibility index (Phi) is 4.86. The number of hydrogen-bond donors (Lipinski definition) is 3. The van der Waals surface area contributed by atoms with Crippen molar-refractivity contribution in [2.45, 2.75) is 26.8 Å². The minimum atomic E-state index is -1.10. The van der Waals surface area contributed by atoms with Crippen molar-refractivity contribution in [3.8, 4) is 0 Å². The van der Waals surface area contributed by atoms with Crippen LogP contribution in [-0.4, -0.2) is 23.1 Å². The fourth-order valence-electron chi connectivity index (χ4n) is 1.58. The minimum absolute atomic E-state index is 0.238. The number of carboxylic acid groups (broad SMARTS) is 1. The van der Waals surface area contributed by atoms with Crippen LogP contribution >= 0.6 is 0 Å². The van der Waals surface area contributed by atoms with Crippen molar-refractivity contribution in [2.75, 3.05) is 5.32 Å². The number of aliphatic carboxylic acids is 1. The van der Waals surface area contributed by atoms with Crippen LogP contribution in [0, 0.1) is 18.7 Å². The van der Waals surface area contributed by atoms with Gasteiger partial charge < -0.3 is 15.7 Å². The van der Waals surface area contributed by atoms with Crippen LogP contribution in [-0.2, 0) is 4.79 Å². The quantitative estimate of drug-likeness (QED) is 0.784. The van der Waals surface area contributed by atoms with E-state index in [4.69, 9.17) is 5.11 Å². The molecule has 0 heterocycles. The van der Waals surface area contributed by atoms with Crippen molar-refractivity contribution >= 4 is 17.7 Å². The first-order valence-electron chi connectivity index (χ1n) is 5.87. The van der Waals surface area contributed by atoms with Crippen LogP contribution in [0.5, 0.6) is 0 Å². The van der Waals surface area contributed by atoms with Gasteiger partial charge in [0, 0.05) is 5.69 Å². The maximum Gasteiger partial charge on any atom is 0.326 e. The number of carboxylic acids is 1. The van der Waals surface area contributed by atoms with E-state index >= 15 is 0 Å². The van der Waals surface area contributed by atoms with E-state index < -0.39 is 23.9 Å². The lowest BCUT2D eigenvalue weighted by Crippen LogP contribution is -2.46. The topological polar surface area (TPSA) is 78.4 Å². The Morgan fingerprint density at radius 3 is 2.42 bits per heavy atom. The second kappa shape index (κ2) is 6.17. The van der Waals surface area contributed by atoms with Crippen LogP contribution in [0.15, 0.2) is 18.2 Å². The Balaban J connectivity index is 2.72. The number of nitrogens with one attached hydrogen (secondary N) is 2. The zero-order valence-electron chi connectivity index (χ0n) is 11.0. The molecule has 6 heteroatoms. The summed E-state index contributed by atoms with van der Waals surface area (Å²) in [5.74, 6) is -1.73. The Morgan fingerprint density at radius 2 is 1.95 bits per heavy atom.